The van der Waals surface area contributed by atoms with Crippen molar-refractivity contribution < 1.29 is 9.59 Å². The Kier molecular flexibility index (Phi) is 2.72. The van der Waals surface area contributed by atoms with Gasteiger partial charge in [0.1, 0.15) is 11.2 Å². The Balaban J connectivity index is 2.05. The van der Waals surface area contributed by atoms with E-state index in [-0.39, 0.29) is 18.2 Å². The summed E-state index contributed by atoms with van der Waals surface area (Å²) in [6, 6.07) is 5.83. The highest BCUT2D eigenvalue weighted by molar-refractivity contribution is 6.16. The first-order valence-electron chi connectivity index (χ1n) is 7.46. The molecule has 116 valence electrons. The van der Waals surface area contributed by atoms with E-state index in [4.69, 9.17) is 0 Å². The number of para-hydroxylation sites is 1. The van der Waals surface area contributed by atoms with Crippen LogP contribution in [0.5, 0.6) is 0 Å². The lowest BCUT2D eigenvalue weighted by atomic mass is 9.71. The van der Waals surface area contributed by atoms with Gasteiger partial charge in [-0.1, -0.05) is 24.3 Å². The highest BCUT2D eigenvalue weighted by Crippen LogP contribution is 2.52. The standard InChI is InChI=1S/C17H16N4O2/c1-3-7-21-14-10(2)5-4-6-11(14)17(16(21)23)8-13(22)19-15-12(17)9-18-20-15/h3-6,9H,1,7-8H2,2H3,(H2,18,19,20,22)/t17-/m1/s1. The zero-order valence-electron chi connectivity index (χ0n) is 12.7. The molecule has 0 bridgehead atoms. The fourth-order valence-electron chi connectivity index (χ4n) is 3.77. The first kappa shape index (κ1) is 13.8. The van der Waals surface area contributed by atoms with E-state index in [0.717, 1.165) is 22.4 Å². The van der Waals surface area contributed by atoms with E-state index < -0.39 is 5.41 Å². The first-order valence-corrected chi connectivity index (χ1v) is 7.46. The van der Waals surface area contributed by atoms with Crippen LogP contribution in [-0.2, 0) is 15.0 Å². The second kappa shape index (κ2) is 4.55. The molecule has 0 radical (unpaired) electrons. The number of hydrogen-bond acceptors (Lipinski definition) is 3. The largest absolute Gasteiger partial charge is 0.311 e. The van der Waals surface area contributed by atoms with Gasteiger partial charge in [-0.15, -0.1) is 6.58 Å². The Hall–Kier alpha value is -2.89. The number of amides is 2. The predicted molar refractivity (Wildman–Crippen MR) is 86.3 cm³/mol. The van der Waals surface area contributed by atoms with E-state index in [1.165, 1.54) is 0 Å². The molecule has 2 aliphatic rings. The second-order valence-electron chi connectivity index (χ2n) is 5.96. The number of aromatic amines is 1. The first-order chi connectivity index (χ1) is 11.1. The summed E-state index contributed by atoms with van der Waals surface area (Å²) in [7, 11) is 0. The number of nitrogens with one attached hydrogen (secondary N) is 2. The molecule has 3 heterocycles. The highest BCUT2D eigenvalue weighted by Gasteiger charge is 2.56. The van der Waals surface area contributed by atoms with Gasteiger partial charge in [-0.05, 0) is 18.1 Å². The Bertz CT molecular complexity index is 854. The van der Waals surface area contributed by atoms with Crippen molar-refractivity contribution in [2.45, 2.75) is 18.8 Å². The number of aromatic nitrogens is 2. The molecule has 1 aromatic heterocycles. The molecule has 1 spiro atoms. The Morgan fingerprint density at radius 2 is 2.22 bits per heavy atom. The summed E-state index contributed by atoms with van der Waals surface area (Å²) in [5.41, 5.74) is 2.46. The van der Waals surface area contributed by atoms with E-state index in [0.29, 0.717) is 12.4 Å². The van der Waals surface area contributed by atoms with Gasteiger partial charge < -0.3 is 10.2 Å². The molecule has 6 heteroatoms. The molecule has 23 heavy (non-hydrogen) atoms. The number of carbonyl (C=O) groups is 2. The maximum absolute atomic E-state index is 13.3. The summed E-state index contributed by atoms with van der Waals surface area (Å²) >= 11 is 0. The third-order valence-corrected chi connectivity index (χ3v) is 4.68. The summed E-state index contributed by atoms with van der Waals surface area (Å²) in [6.45, 7) is 6.13. The molecule has 4 rings (SSSR count). The van der Waals surface area contributed by atoms with Crippen LogP contribution >= 0.6 is 0 Å². The number of hydrogen-bond donors (Lipinski definition) is 2. The van der Waals surface area contributed by atoms with Crippen LogP contribution < -0.4 is 10.2 Å². The van der Waals surface area contributed by atoms with Crippen molar-refractivity contribution in [2.75, 3.05) is 16.8 Å². The zero-order chi connectivity index (χ0) is 16.2. The minimum atomic E-state index is -1.00. The number of anilines is 2. The van der Waals surface area contributed by atoms with Gasteiger partial charge in [0.2, 0.25) is 11.8 Å². The van der Waals surface area contributed by atoms with Crippen molar-refractivity contribution >= 4 is 23.3 Å². The van der Waals surface area contributed by atoms with Crippen molar-refractivity contribution in [3.05, 3.63) is 53.7 Å². The van der Waals surface area contributed by atoms with Crippen LogP contribution in [0.2, 0.25) is 0 Å². The number of nitrogens with zero attached hydrogens (tertiary/aromatic N) is 2. The van der Waals surface area contributed by atoms with Gasteiger partial charge in [-0.25, -0.2) is 0 Å². The van der Waals surface area contributed by atoms with Gasteiger partial charge in [-0.3, -0.25) is 14.7 Å². The third-order valence-electron chi connectivity index (χ3n) is 4.68. The summed E-state index contributed by atoms with van der Waals surface area (Å²) in [5.74, 6) is 0.213. The molecule has 0 saturated heterocycles. The lowest BCUT2D eigenvalue weighted by Gasteiger charge is -2.31. The molecule has 2 N–H and O–H groups in total. The Morgan fingerprint density at radius 3 is 3.00 bits per heavy atom. The van der Waals surface area contributed by atoms with Crippen LogP contribution in [0, 0.1) is 6.92 Å². The third kappa shape index (κ3) is 1.60. The molecule has 0 fully saturated rings. The smallest absolute Gasteiger partial charge is 0.243 e. The molecular formula is C17H16N4O2. The number of carbonyl (C=O) groups excluding carboxylic acids is 2. The number of rotatable bonds is 2. The van der Waals surface area contributed by atoms with Crippen LogP contribution in [0.15, 0.2) is 37.1 Å². The van der Waals surface area contributed by atoms with Gasteiger partial charge in [0.15, 0.2) is 0 Å². The maximum Gasteiger partial charge on any atom is 0.243 e. The average molecular weight is 308 g/mol. The highest BCUT2D eigenvalue weighted by atomic mass is 16.2. The average Bonchev–Trinajstić information content (AvgIpc) is 3.07. The lowest BCUT2D eigenvalue weighted by Crippen LogP contribution is -2.46. The van der Waals surface area contributed by atoms with Crippen molar-refractivity contribution in [1.82, 2.24) is 10.2 Å². The number of fused-ring (bicyclic) bond motifs is 4. The van der Waals surface area contributed by atoms with Crippen molar-refractivity contribution in [3.63, 3.8) is 0 Å². The zero-order valence-corrected chi connectivity index (χ0v) is 12.7. The van der Waals surface area contributed by atoms with Crippen molar-refractivity contribution in [2.24, 2.45) is 0 Å². The molecule has 1 aromatic carbocycles. The minimum absolute atomic E-state index is 0.0858. The Morgan fingerprint density at radius 1 is 1.39 bits per heavy atom. The van der Waals surface area contributed by atoms with E-state index in [9.17, 15) is 9.59 Å². The maximum atomic E-state index is 13.3. The normalized spacial score (nSPS) is 22.0. The lowest BCUT2D eigenvalue weighted by molar-refractivity contribution is -0.126. The van der Waals surface area contributed by atoms with Gasteiger partial charge >= 0.3 is 0 Å². The predicted octanol–water partition coefficient (Wildman–Crippen LogP) is 1.88. The van der Waals surface area contributed by atoms with Crippen molar-refractivity contribution in [3.8, 4) is 0 Å². The van der Waals surface area contributed by atoms with Crippen LogP contribution in [0.3, 0.4) is 0 Å². The molecule has 0 aliphatic carbocycles. The van der Waals surface area contributed by atoms with E-state index >= 15 is 0 Å². The van der Waals surface area contributed by atoms with Gasteiger partial charge in [0.25, 0.3) is 0 Å². The fourth-order valence-corrected chi connectivity index (χ4v) is 3.77. The molecule has 0 unspecified atom stereocenters. The quantitative estimate of drug-likeness (QED) is 0.832. The van der Waals surface area contributed by atoms with Gasteiger partial charge in [0.05, 0.1) is 11.9 Å². The van der Waals surface area contributed by atoms with Crippen LogP contribution in [0.1, 0.15) is 23.1 Å². The molecule has 2 aromatic rings. The van der Waals surface area contributed by atoms with Crippen molar-refractivity contribution in [1.29, 1.82) is 0 Å². The SMILES string of the molecule is C=CCN1C(=O)[C@]2(CC(=O)Nc3[nH]ncc32)c2cccc(C)c21. The monoisotopic (exact) mass is 308 g/mol. The number of benzene rings is 1. The summed E-state index contributed by atoms with van der Waals surface area (Å²) < 4.78 is 0. The van der Waals surface area contributed by atoms with E-state index in [2.05, 4.69) is 22.1 Å². The molecule has 2 amide bonds. The van der Waals surface area contributed by atoms with Gasteiger partial charge in [0, 0.05) is 18.5 Å². The molecule has 2 aliphatic heterocycles. The van der Waals surface area contributed by atoms with E-state index in [1.54, 1.807) is 17.2 Å². The van der Waals surface area contributed by atoms with Crippen LogP contribution in [-0.4, -0.2) is 28.6 Å². The molecule has 1 atom stereocenters. The minimum Gasteiger partial charge on any atom is -0.311 e. The summed E-state index contributed by atoms with van der Waals surface area (Å²) in [6.07, 6.45) is 3.42. The number of H-pyrrole nitrogens is 1. The topological polar surface area (TPSA) is 78.1 Å². The Labute approximate surface area is 133 Å². The summed E-state index contributed by atoms with van der Waals surface area (Å²) in [4.78, 5) is 27.3. The second-order valence-corrected chi connectivity index (χ2v) is 5.96. The summed E-state index contributed by atoms with van der Waals surface area (Å²) in [5, 5.41) is 9.56. The van der Waals surface area contributed by atoms with Crippen LogP contribution in [0.4, 0.5) is 11.5 Å². The van der Waals surface area contributed by atoms with Gasteiger partial charge in [-0.2, -0.15) is 5.10 Å². The molecule has 0 saturated carbocycles. The molecule has 6 nitrogen and oxygen atoms in total. The molecular weight excluding hydrogens is 292 g/mol. The van der Waals surface area contributed by atoms with E-state index in [1.807, 2.05) is 25.1 Å². The number of aryl methyl sites for hydroxylation is 1. The van der Waals surface area contributed by atoms with Crippen LogP contribution in [0.25, 0.3) is 0 Å². The fraction of sp³-hybridized carbons (Fsp3) is 0.235.